The van der Waals surface area contributed by atoms with E-state index in [4.69, 9.17) is 18.9 Å². The Morgan fingerprint density at radius 3 is 2.53 bits per heavy atom. The van der Waals surface area contributed by atoms with E-state index >= 15 is 0 Å². The Bertz CT molecular complexity index is 848. The molecule has 2 saturated heterocycles. The topological polar surface area (TPSA) is 86.3 Å². The molecule has 2 fully saturated rings. The molecule has 7 heteroatoms. The van der Waals surface area contributed by atoms with Crippen LogP contribution in [0, 0.1) is 0 Å². The van der Waals surface area contributed by atoms with Gasteiger partial charge < -0.3 is 29.4 Å². The summed E-state index contributed by atoms with van der Waals surface area (Å²) in [5, 5.41) is 14.1. The van der Waals surface area contributed by atoms with E-state index in [1.807, 2.05) is 67.6 Å². The van der Waals surface area contributed by atoms with Crippen LogP contribution in [0.4, 0.5) is 0 Å². The highest BCUT2D eigenvalue weighted by Gasteiger charge is 2.50. The van der Waals surface area contributed by atoms with E-state index in [2.05, 4.69) is 5.32 Å². The van der Waals surface area contributed by atoms with Crippen LogP contribution in [0.2, 0.25) is 0 Å². The quantitative estimate of drug-likeness (QED) is 0.655. The Balaban J connectivity index is 1.47. The SMILES string of the molecule is CCCCC(=O)N[C@H]1[C@@H](OCc2ccccc2)O[C@@H]2COC(c3ccccc3)O[C@H]2[C@@H]1O. The minimum absolute atomic E-state index is 0.141. The van der Waals surface area contributed by atoms with Crippen molar-refractivity contribution in [3.63, 3.8) is 0 Å². The largest absolute Gasteiger partial charge is 0.388 e. The fourth-order valence-electron chi connectivity index (χ4n) is 4.02. The van der Waals surface area contributed by atoms with Crippen LogP contribution in [0.5, 0.6) is 0 Å². The predicted molar refractivity (Wildman–Crippen MR) is 117 cm³/mol. The molecule has 0 aliphatic carbocycles. The Morgan fingerprint density at radius 2 is 1.81 bits per heavy atom. The van der Waals surface area contributed by atoms with Gasteiger partial charge >= 0.3 is 0 Å². The molecular formula is C25H31NO6. The minimum Gasteiger partial charge on any atom is -0.388 e. The average Bonchev–Trinajstić information content (AvgIpc) is 2.84. The first-order valence-electron chi connectivity index (χ1n) is 11.3. The summed E-state index contributed by atoms with van der Waals surface area (Å²) in [6.07, 6.45) is -1.51. The monoisotopic (exact) mass is 441 g/mol. The molecule has 4 rings (SSSR count). The highest BCUT2D eigenvalue weighted by atomic mass is 16.7. The molecule has 1 amide bonds. The number of fused-ring (bicyclic) bond motifs is 1. The third kappa shape index (κ3) is 5.54. The molecule has 0 spiro atoms. The number of nitrogens with one attached hydrogen (secondary N) is 1. The molecule has 1 unspecified atom stereocenters. The Labute approximate surface area is 188 Å². The number of amides is 1. The molecule has 0 bridgehead atoms. The number of hydrogen-bond donors (Lipinski definition) is 2. The lowest BCUT2D eigenvalue weighted by atomic mass is 9.95. The highest BCUT2D eigenvalue weighted by Crippen LogP contribution is 2.34. The zero-order valence-corrected chi connectivity index (χ0v) is 18.3. The van der Waals surface area contributed by atoms with E-state index in [0.29, 0.717) is 13.0 Å². The van der Waals surface area contributed by atoms with Crippen LogP contribution in [0.15, 0.2) is 60.7 Å². The molecule has 32 heavy (non-hydrogen) atoms. The fourth-order valence-corrected chi connectivity index (χ4v) is 4.02. The summed E-state index contributed by atoms with van der Waals surface area (Å²) >= 11 is 0. The third-order valence-electron chi connectivity index (χ3n) is 5.78. The van der Waals surface area contributed by atoms with Crippen molar-refractivity contribution in [1.29, 1.82) is 0 Å². The van der Waals surface area contributed by atoms with Gasteiger partial charge in [0, 0.05) is 12.0 Å². The number of carbonyl (C=O) groups excluding carboxylic acids is 1. The van der Waals surface area contributed by atoms with Gasteiger partial charge in [-0.1, -0.05) is 74.0 Å². The zero-order valence-electron chi connectivity index (χ0n) is 18.3. The van der Waals surface area contributed by atoms with Gasteiger partial charge in [0.1, 0.15) is 24.4 Å². The standard InChI is InChI=1S/C25H31NO6/c1-2-3-14-20(27)26-21-22(28)23-19(16-30-24(32-23)18-12-8-5-9-13-18)31-25(21)29-15-17-10-6-4-7-11-17/h4-13,19,21-25,28H,2-3,14-16H2,1H3,(H,26,27)/t19-,21-,22-,23-,24?,25+/m1/s1. The normalized spacial score (nSPS) is 29.8. The average molecular weight is 442 g/mol. The zero-order chi connectivity index (χ0) is 22.3. The van der Waals surface area contributed by atoms with Crippen molar-refractivity contribution in [2.24, 2.45) is 0 Å². The van der Waals surface area contributed by atoms with Gasteiger partial charge in [0.15, 0.2) is 12.6 Å². The van der Waals surface area contributed by atoms with Gasteiger partial charge in [-0.15, -0.1) is 0 Å². The van der Waals surface area contributed by atoms with Gasteiger partial charge in [0.2, 0.25) is 5.91 Å². The molecule has 0 saturated carbocycles. The first kappa shape index (κ1) is 22.9. The Morgan fingerprint density at radius 1 is 1.09 bits per heavy atom. The van der Waals surface area contributed by atoms with Crippen LogP contribution in [0.25, 0.3) is 0 Å². The smallest absolute Gasteiger partial charge is 0.220 e. The summed E-state index contributed by atoms with van der Waals surface area (Å²) < 4.78 is 24.1. The van der Waals surface area contributed by atoms with Crippen molar-refractivity contribution < 1.29 is 28.8 Å². The van der Waals surface area contributed by atoms with Gasteiger partial charge in [-0.2, -0.15) is 0 Å². The van der Waals surface area contributed by atoms with Crippen LogP contribution < -0.4 is 5.32 Å². The maximum Gasteiger partial charge on any atom is 0.220 e. The third-order valence-corrected chi connectivity index (χ3v) is 5.78. The van der Waals surface area contributed by atoms with Crippen LogP contribution in [-0.4, -0.2) is 48.3 Å². The second-order valence-electron chi connectivity index (χ2n) is 8.20. The molecule has 0 radical (unpaired) electrons. The van der Waals surface area contributed by atoms with Crippen LogP contribution >= 0.6 is 0 Å². The van der Waals surface area contributed by atoms with Crippen molar-refractivity contribution in [1.82, 2.24) is 5.32 Å². The van der Waals surface area contributed by atoms with Crippen molar-refractivity contribution in [2.75, 3.05) is 6.61 Å². The molecule has 172 valence electrons. The highest BCUT2D eigenvalue weighted by molar-refractivity contribution is 5.76. The molecular weight excluding hydrogens is 410 g/mol. The van der Waals surface area contributed by atoms with Crippen molar-refractivity contribution >= 4 is 5.91 Å². The molecule has 6 atom stereocenters. The number of hydrogen-bond acceptors (Lipinski definition) is 6. The molecule has 2 aliphatic rings. The van der Waals surface area contributed by atoms with Gasteiger partial charge in [0.25, 0.3) is 0 Å². The molecule has 0 aromatic heterocycles. The van der Waals surface area contributed by atoms with E-state index in [1.165, 1.54) is 0 Å². The predicted octanol–water partition coefficient (Wildman–Crippen LogP) is 3.08. The first-order chi connectivity index (χ1) is 15.7. The maximum atomic E-state index is 12.5. The minimum atomic E-state index is -1.00. The summed E-state index contributed by atoms with van der Waals surface area (Å²) in [7, 11) is 0. The van der Waals surface area contributed by atoms with Crippen LogP contribution in [0.1, 0.15) is 43.6 Å². The Hall–Kier alpha value is -2.29. The Kier molecular flexibility index (Phi) is 7.89. The summed E-state index contributed by atoms with van der Waals surface area (Å²) in [5.41, 5.74) is 1.84. The van der Waals surface area contributed by atoms with Crippen molar-refractivity contribution in [2.45, 2.75) is 69.7 Å². The van der Waals surface area contributed by atoms with Gasteiger partial charge in [-0.3, -0.25) is 4.79 Å². The number of unbranched alkanes of at least 4 members (excludes halogenated alkanes) is 1. The first-order valence-corrected chi connectivity index (χ1v) is 11.3. The lowest BCUT2D eigenvalue weighted by Gasteiger charge is -2.47. The lowest BCUT2D eigenvalue weighted by molar-refractivity contribution is -0.345. The molecule has 2 aromatic rings. The number of carbonyl (C=O) groups is 1. The van der Waals surface area contributed by atoms with Crippen molar-refractivity contribution in [3.05, 3.63) is 71.8 Å². The number of benzene rings is 2. The van der Waals surface area contributed by atoms with E-state index in [9.17, 15) is 9.90 Å². The number of aliphatic hydroxyl groups excluding tert-OH is 1. The summed E-state index contributed by atoms with van der Waals surface area (Å²) in [5.74, 6) is -0.141. The second kappa shape index (κ2) is 11.0. The number of aliphatic hydroxyl groups is 1. The van der Waals surface area contributed by atoms with Crippen LogP contribution in [0.3, 0.4) is 0 Å². The van der Waals surface area contributed by atoms with Gasteiger partial charge in [-0.05, 0) is 12.0 Å². The van der Waals surface area contributed by atoms with Crippen LogP contribution in [-0.2, 0) is 30.3 Å². The van der Waals surface area contributed by atoms with E-state index in [0.717, 1.165) is 24.0 Å². The van der Waals surface area contributed by atoms with Crippen molar-refractivity contribution in [3.8, 4) is 0 Å². The summed E-state index contributed by atoms with van der Waals surface area (Å²) in [4.78, 5) is 12.5. The van der Waals surface area contributed by atoms with Gasteiger partial charge in [-0.25, -0.2) is 0 Å². The van der Waals surface area contributed by atoms with E-state index in [1.54, 1.807) is 0 Å². The lowest BCUT2D eigenvalue weighted by Crippen LogP contribution is -2.66. The molecule has 2 aliphatic heterocycles. The molecule has 2 aromatic carbocycles. The molecule has 7 nitrogen and oxygen atoms in total. The summed E-state index contributed by atoms with van der Waals surface area (Å²) in [6, 6.07) is 18.5. The number of rotatable bonds is 8. The van der Waals surface area contributed by atoms with Gasteiger partial charge in [0.05, 0.1) is 13.2 Å². The van der Waals surface area contributed by atoms with E-state index < -0.39 is 36.9 Å². The number of ether oxygens (including phenoxy) is 4. The maximum absolute atomic E-state index is 12.5. The second-order valence-corrected chi connectivity index (χ2v) is 8.20. The molecule has 2 heterocycles. The molecule has 2 N–H and O–H groups in total. The fraction of sp³-hybridized carbons (Fsp3) is 0.480. The summed E-state index contributed by atoms with van der Waals surface area (Å²) in [6.45, 7) is 2.58. The van der Waals surface area contributed by atoms with E-state index in [-0.39, 0.29) is 12.5 Å².